The third-order valence-electron chi connectivity index (χ3n) is 3.32. The Morgan fingerprint density at radius 2 is 2.08 bits per heavy atom. The zero-order valence-electron chi connectivity index (χ0n) is 7.16. The van der Waals surface area contributed by atoms with Gasteiger partial charge in [0, 0.05) is 12.0 Å². The fourth-order valence-corrected chi connectivity index (χ4v) is 2.59. The van der Waals surface area contributed by atoms with Crippen molar-refractivity contribution in [3.05, 3.63) is 0 Å². The lowest BCUT2D eigenvalue weighted by atomic mass is 9.82. The van der Waals surface area contributed by atoms with E-state index in [0.717, 1.165) is 5.92 Å². The molecule has 0 bridgehead atoms. The Balaban J connectivity index is 1.76. The number of rotatable bonds is 0. The minimum atomic E-state index is 0.130. The molecule has 4 unspecified atom stereocenters. The van der Waals surface area contributed by atoms with Crippen LogP contribution >= 0.6 is 0 Å². The normalized spacial score (nSPS) is 52.0. The maximum Gasteiger partial charge on any atom is 0.186 e. The highest BCUT2D eigenvalue weighted by Gasteiger charge is 2.50. The van der Waals surface area contributed by atoms with Crippen molar-refractivity contribution in [2.45, 2.75) is 44.1 Å². The number of ether oxygens (including phenoxy) is 2. The lowest BCUT2D eigenvalue weighted by Gasteiger charge is -2.29. The second-order valence-electron chi connectivity index (χ2n) is 4.04. The Bertz CT molecular complexity index is 185. The number of nitrogens with one attached hydrogen (secondary N) is 1. The number of fused-ring (bicyclic) bond motifs is 3. The van der Waals surface area contributed by atoms with Crippen LogP contribution in [0.3, 0.4) is 0 Å². The van der Waals surface area contributed by atoms with Crippen LogP contribution in [0.2, 0.25) is 0 Å². The predicted molar refractivity (Wildman–Crippen MR) is 43.5 cm³/mol. The van der Waals surface area contributed by atoms with Crippen LogP contribution in [0.5, 0.6) is 0 Å². The topological polar surface area (TPSA) is 33.8 Å². The summed E-state index contributed by atoms with van der Waals surface area (Å²) in [5.41, 5.74) is 0. The number of epoxide rings is 1. The predicted octanol–water partition coefficient (Wildman–Crippen LogP) is 0.847. The molecule has 1 N–H and O–H groups in total. The molecule has 3 aliphatic rings. The van der Waals surface area contributed by atoms with E-state index < -0.39 is 0 Å². The first-order chi connectivity index (χ1) is 5.95. The molecule has 12 heavy (non-hydrogen) atoms. The molecule has 0 aromatic rings. The standard InChI is InChI=1S/C9H15NO2/c1-2-4-7-6(3-1)8-9(12-8)11-5-10-7/h6-10H,1-5H2. The average Bonchev–Trinajstić information content (AvgIpc) is 2.82. The molecule has 2 saturated heterocycles. The van der Waals surface area contributed by atoms with Crippen molar-refractivity contribution in [1.29, 1.82) is 0 Å². The zero-order chi connectivity index (χ0) is 7.97. The third-order valence-corrected chi connectivity index (χ3v) is 3.32. The Labute approximate surface area is 72.4 Å². The lowest BCUT2D eigenvalue weighted by molar-refractivity contribution is 0.0281. The van der Waals surface area contributed by atoms with E-state index in [1.807, 2.05) is 0 Å². The maximum absolute atomic E-state index is 5.47. The van der Waals surface area contributed by atoms with E-state index in [0.29, 0.717) is 18.9 Å². The Morgan fingerprint density at radius 1 is 1.17 bits per heavy atom. The van der Waals surface area contributed by atoms with Crippen LogP contribution in [-0.2, 0) is 9.47 Å². The summed E-state index contributed by atoms with van der Waals surface area (Å²) in [4.78, 5) is 0. The van der Waals surface area contributed by atoms with Crippen molar-refractivity contribution in [1.82, 2.24) is 5.32 Å². The van der Waals surface area contributed by atoms with Gasteiger partial charge >= 0.3 is 0 Å². The van der Waals surface area contributed by atoms with E-state index in [2.05, 4.69) is 5.32 Å². The summed E-state index contributed by atoms with van der Waals surface area (Å²) in [6, 6.07) is 0.663. The fraction of sp³-hybridized carbons (Fsp3) is 1.00. The van der Waals surface area contributed by atoms with Gasteiger partial charge in [-0.3, -0.25) is 5.32 Å². The van der Waals surface area contributed by atoms with Gasteiger partial charge in [0.05, 0.1) is 0 Å². The molecule has 0 radical (unpaired) electrons. The first-order valence-corrected chi connectivity index (χ1v) is 4.95. The second kappa shape index (κ2) is 2.69. The van der Waals surface area contributed by atoms with Gasteiger partial charge in [-0.05, 0) is 12.8 Å². The van der Waals surface area contributed by atoms with Crippen molar-refractivity contribution in [3.8, 4) is 0 Å². The number of hydrogen-bond acceptors (Lipinski definition) is 3. The molecule has 0 aromatic carbocycles. The van der Waals surface area contributed by atoms with Crippen LogP contribution in [0.4, 0.5) is 0 Å². The average molecular weight is 169 g/mol. The minimum Gasteiger partial charge on any atom is -0.341 e. The zero-order valence-corrected chi connectivity index (χ0v) is 7.16. The molecule has 3 nitrogen and oxygen atoms in total. The highest BCUT2D eigenvalue weighted by molar-refractivity contribution is 4.95. The SMILES string of the molecule is C1CCC2C(C1)NCOC1OC12. The molecule has 3 fully saturated rings. The highest BCUT2D eigenvalue weighted by atomic mass is 16.8. The third kappa shape index (κ3) is 1.08. The summed E-state index contributed by atoms with van der Waals surface area (Å²) in [6.07, 6.45) is 5.92. The Kier molecular flexibility index (Phi) is 1.63. The van der Waals surface area contributed by atoms with E-state index in [4.69, 9.17) is 9.47 Å². The summed E-state index contributed by atoms with van der Waals surface area (Å²) in [5.74, 6) is 0.728. The molecule has 3 rings (SSSR count). The van der Waals surface area contributed by atoms with Gasteiger partial charge in [0.2, 0.25) is 0 Å². The molecule has 0 spiro atoms. The van der Waals surface area contributed by atoms with Crippen molar-refractivity contribution < 1.29 is 9.47 Å². The molecular formula is C9H15NO2. The first-order valence-electron chi connectivity index (χ1n) is 4.95. The van der Waals surface area contributed by atoms with Gasteiger partial charge in [0.1, 0.15) is 12.8 Å². The van der Waals surface area contributed by atoms with E-state index in [9.17, 15) is 0 Å². The van der Waals surface area contributed by atoms with Crippen molar-refractivity contribution in [2.75, 3.05) is 6.73 Å². The van der Waals surface area contributed by atoms with Crippen LogP contribution < -0.4 is 5.32 Å². The summed E-state index contributed by atoms with van der Waals surface area (Å²) in [5, 5.41) is 3.44. The minimum absolute atomic E-state index is 0.130. The molecular weight excluding hydrogens is 154 g/mol. The van der Waals surface area contributed by atoms with E-state index in [1.165, 1.54) is 25.7 Å². The second-order valence-corrected chi connectivity index (χ2v) is 4.04. The van der Waals surface area contributed by atoms with Gasteiger partial charge in [-0.2, -0.15) is 0 Å². The first kappa shape index (κ1) is 7.30. The fourth-order valence-electron chi connectivity index (χ4n) is 2.59. The summed E-state index contributed by atoms with van der Waals surface area (Å²) in [7, 11) is 0. The molecule has 0 amide bonds. The number of hydrogen-bond donors (Lipinski definition) is 1. The van der Waals surface area contributed by atoms with E-state index in [1.54, 1.807) is 0 Å². The Morgan fingerprint density at radius 3 is 3.08 bits per heavy atom. The summed E-state index contributed by atoms with van der Waals surface area (Å²) in [6.45, 7) is 0.683. The van der Waals surface area contributed by atoms with Crippen molar-refractivity contribution >= 4 is 0 Å². The summed E-state index contributed by atoms with van der Waals surface area (Å²) < 4.78 is 10.9. The van der Waals surface area contributed by atoms with Crippen LogP contribution in [0.25, 0.3) is 0 Å². The van der Waals surface area contributed by atoms with E-state index in [-0.39, 0.29) is 6.29 Å². The van der Waals surface area contributed by atoms with E-state index >= 15 is 0 Å². The molecule has 2 aliphatic heterocycles. The van der Waals surface area contributed by atoms with Crippen molar-refractivity contribution in [2.24, 2.45) is 5.92 Å². The van der Waals surface area contributed by atoms with Gasteiger partial charge < -0.3 is 9.47 Å². The molecule has 1 aliphatic carbocycles. The summed E-state index contributed by atoms with van der Waals surface area (Å²) >= 11 is 0. The Hall–Kier alpha value is -0.120. The van der Waals surface area contributed by atoms with Gasteiger partial charge in [0.15, 0.2) is 6.29 Å². The lowest BCUT2D eigenvalue weighted by Crippen LogP contribution is -2.39. The van der Waals surface area contributed by atoms with Crippen molar-refractivity contribution in [3.63, 3.8) is 0 Å². The molecule has 68 valence electrons. The molecule has 3 heteroatoms. The smallest absolute Gasteiger partial charge is 0.186 e. The van der Waals surface area contributed by atoms with Gasteiger partial charge in [-0.25, -0.2) is 0 Å². The van der Waals surface area contributed by atoms with Gasteiger partial charge in [-0.1, -0.05) is 12.8 Å². The van der Waals surface area contributed by atoms with Crippen LogP contribution in [0.15, 0.2) is 0 Å². The molecule has 1 saturated carbocycles. The molecule has 0 aromatic heterocycles. The molecule has 4 atom stereocenters. The van der Waals surface area contributed by atoms with Gasteiger partial charge in [0.25, 0.3) is 0 Å². The highest BCUT2D eigenvalue weighted by Crippen LogP contribution is 2.40. The quantitative estimate of drug-likeness (QED) is 0.546. The largest absolute Gasteiger partial charge is 0.341 e. The van der Waals surface area contributed by atoms with Crippen LogP contribution in [0, 0.1) is 5.92 Å². The van der Waals surface area contributed by atoms with Crippen LogP contribution in [-0.4, -0.2) is 25.2 Å². The monoisotopic (exact) mass is 169 g/mol. The molecule has 2 heterocycles. The maximum atomic E-state index is 5.47. The van der Waals surface area contributed by atoms with Gasteiger partial charge in [-0.15, -0.1) is 0 Å². The van der Waals surface area contributed by atoms with Crippen LogP contribution in [0.1, 0.15) is 25.7 Å².